The van der Waals surface area contributed by atoms with Crippen LogP contribution in [-0.2, 0) is 25.7 Å². The molecule has 5 heterocycles. The van der Waals surface area contributed by atoms with Gasteiger partial charge in [-0.15, -0.1) is 56.7 Å². The van der Waals surface area contributed by atoms with Crippen molar-refractivity contribution in [3.63, 3.8) is 0 Å². The molecular weight excluding hydrogens is 1980 g/mol. The van der Waals surface area contributed by atoms with E-state index in [0.717, 1.165) is 70.7 Å². The number of aromatic carboxylic acids is 3. The minimum Gasteiger partial charge on any atom is -1.00 e. The van der Waals surface area contributed by atoms with Crippen molar-refractivity contribution in [2.45, 2.75) is 11.5 Å². The molecule has 0 aliphatic rings. The molecule has 20 nitrogen and oxygen atoms in total. The number of nitrogens with zero attached hydrogens (tertiary/aromatic N) is 5. The second-order valence-corrected chi connectivity index (χ2v) is 38.5. The maximum absolute atomic E-state index is 12.1. The number of hydrogen-bond donors (Lipinski definition) is 3. The second kappa shape index (κ2) is 62.3. The average Bonchev–Trinajstić information content (AvgIpc) is 1.57. The monoisotopic (exact) mass is 2070 g/mol. The van der Waals surface area contributed by atoms with Crippen molar-refractivity contribution in [2.24, 2.45) is 0 Å². The van der Waals surface area contributed by atoms with Gasteiger partial charge in [0.1, 0.15) is 23.2 Å². The number of carbonyl (C=O) groups is 7. The Kier molecular flexibility index (Phi) is 51.0. The Labute approximate surface area is 847 Å². The largest absolute Gasteiger partial charge is 1.00 e. The van der Waals surface area contributed by atoms with Gasteiger partial charge in [-0.2, -0.15) is 0 Å². The predicted molar refractivity (Wildman–Crippen MR) is 557 cm³/mol. The Bertz CT molecular complexity index is 6150. The van der Waals surface area contributed by atoms with E-state index in [9.17, 15) is 33.6 Å². The van der Waals surface area contributed by atoms with E-state index in [2.05, 4.69) is 238 Å². The number of aromatic nitrogens is 5. The van der Waals surface area contributed by atoms with E-state index in [4.69, 9.17) is 20.1 Å². The second-order valence-electron chi connectivity index (χ2n) is 27.7. The van der Waals surface area contributed by atoms with E-state index < -0.39 is 33.1 Å². The summed E-state index contributed by atoms with van der Waals surface area (Å²) in [4.78, 5) is 100. The van der Waals surface area contributed by atoms with Crippen LogP contribution in [0.4, 0.5) is 0 Å². The number of benzene rings is 12. The molecule has 12 aromatic carbocycles. The van der Waals surface area contributed by atoms with Crippen LogP contribution >= 0.6 is 87.8 Å². The minimum absolute atomic E-state index is 0. The van der Waals surface area contributed by atoms with Crippen molar-refractivity contribution >= 4 is 210 Å². The molecule has 0 fully saturated rings. The third-order valence-corrected chi connectivity index (χ3v) is 29.9. The van der Waals surface area contributed by atoms with Crippen molar-refractivity contribution in [2.75, 3.05) is 21.3 Å². The van der Waals surface area contributed by atoms with Gasteiger partial charge in [0, 0.05) is 61.2 Å². The number of halogens is 2. The van der Waals surface area contributed by atoms with E-state index in [1.807, 2.05) is 109 Å². The van der Waals surface area contributed by atoms with Gasteiger partial charge in [-0.1, -0.05) is 259 Å². The summed E-state index contributed by atoms with van der Waals surface area (Å²) < 4.78 is 14.2. The molecule has 17 rings (SSSR count). The summed E-state index contributed by atoms with van der Waals surface area (Å²) in [6, 6.07) is 107. The van der Waals surface area contributed by atoms with Crippen molar-refractivity contribution < 1.29 is 110 Å². The van der Waals surface area contributed by atoms with Crippen LogP contribution in [-0.4, -0.2) is 115 Å². The third-order valence-electron chi connectivity index (χ3n) is 18.7. The number of aldehydes is 1. The fourth-order valence-electron chi connectivity index (χ4n) is 12.5. The maximum Gasteiger partial charge on any atom is 1.00 e. The standard InChI is InChI=1S/C27H24O2P.C18H15P.C13H11NO2S.3C12H9NO2S.C9H9BrO2.C4H3NOS.BrH.Li.2H2O/c1-29-27(28)23-13-11-12-22(20-23)21-30(24-14-5-2-6-15-24,25-16-7-3-8-17-25)26-18-9-4-10-19-26;1-4-10-16(11-5-1)19(17-12-6-2-7-13-17)18-14-8-3-9-15-18;1-16-13(15)11-4-2-3-10(7-11)5-6-12-8-14-9-17-12;3*14-12(15)10-3-1-2-9(6-10)4-5-11-7-13-8-16-11;1-12-9(11)8-4-2-3-7(5-8)6-10;6-3-4-5-1-2-7-4;;;;/h2-20H,21H2,1H3;1-15H;2-9H,1H3;3*1-8H,(H,14,15);2-5H,6H2,1H3;1-3H;1H;;2*1H2/q+1;;;;;;;;;+1;;/p-2/b;;6-5+;2*5-4+;5-4-;;;;;;. The Morgan fingerprint density at radius 3 is 0.883 bits per heavy atom. The van der Waals surface area contributed by atoms with Crippen LogP contribution in [0.25, 0.3) is 48.6 Å². The van der Waals surface area contributed by atoms with Gasteiger partial charge in [0.15, 0.2) is 11.3 Å². The molecule has 0 saturated carbocycles. The smallest absolute Gasteiger partial charge is 1.00 e. The fourth-order valence-corrected chi connectivity index (χ4v) is 21.9. The number of thiazole rings is 5. The SMILES string of the molecule is COC(=O)c1cccc(/C=C/c2cncs2)c1.COC(=O)c1cccc(CBr)c1.COC(=O)c1cccc(C[P+](c2ccccc2)(c2ccccc2)c2ccccc2)c1.O.O=C(O)c1cccc(/C=C/c2cncs2)c1.O=C(O)c1cccc(/C=C/c2cncs2)c1.O=C(O)c1cccc(/C=C\c2cncs2)c1.O=Cc1nccs1.[Br-].[Li+].[OH-].c1ccc(P(c2ccccc2)c2ccccc2)cc1. The summed E-state index contributed by atoms with van der Waals surface area (Å²) >= 11 is 10.8. The number of ether oxygens (including phenoxy) is 3. The van der Waals surface area contributed by atoms with Crippen LogP contribution in [0.5, 0.6) is 0 Å². The number of carboxylic acids is 3. The third kappa shape index (κ3) is 37.3. The van der Waals surface area contributed by atoms with Crippen molar-refractivity contribution in [1.29, 1.82) is 0 Å². The number of carbonyl (C=O) groups excluding carboxylic acids is 4. The number of carboxylic acid groups (broad SMARTS) is 3. The first-order valence-corrected chi connectivity index (χ1v) is 49.5. The van der Waals surface area contributed by atoms with Crippen LogP contribution in [0.15, 0.2) is 386 Å². The topological polar surface area (TPSA) is 334 Å². The van der Waals surface area contributed by atoms with E-state index >= 15 is 0 Å². The van der Waals surface area contributed by atoms with Crippen LogP contribution in [0.1, 0.15) is 125 Å². The molecule has 0 atom stereocenters. The summed E-state index contributed by atoms with van der Waals surface area (Å²) in [5.41, 5.74) is 15.4. The summed E-state index contributed by atoms with van der Waals surface area (Å²) in [6.07, 6.45) is 25.6. The van der Waals surface area contributed by atoms with Gasteiger partial charge in [0.2, 0.25) is 0 Å². The van der Waals surface area contributed by atoms with Gasteiger partial charge in [-0.25, -0.2) is 33.8 Å². The Morgan fingerprint density at radius 2 is 0.628 bits per heavy atom. The Morgan fingerprint density at radius 1 is 0.358 bits per heavy atom. The zero-order valence-electron chi connectivity index (χ0n) is 74.4. The molecule has 0 aliphatic carbocycles. The molecule has 0 amide bonds. The number of esters is 3. The molecule has 0 unspecified atom stereocenters. The van der Waals surface area contributed by atoms with Crippen LogP contribution in [0, 0.1) is 0 Å². The van der Waals surface area contributed by atoms with E-state index in [-0.39, 0.29) is 64.7 Å². The Hall–Kier alpha value is -13.4. The van der Waals surface area contributed by atoms with Gasteiger partial charge in [-0.3, -0.25) is 24.7 Å². The van der Waals surface area contributed by atoms with Crippen molar-refractivity contribution in [1.82, 2.24) is 24.9 Å². The van der Waals surface area contributed by atoms with Gasteiger partial charge < -0.3 is 57.5 Å². The molecule has 690 valence electrons. The molecule has 137 heavy (non-hydrogen) atoms. The predicted octanol–water partition coefficient (Wildman–Crippen LogP) is 16.9. The van der Waals surface area contributed by atoms with Crippen molar-refractivity contribution in [3.05, 3.63) is 477 Å². The first kappa shape index (κ1) is 112. The number of hydrogen-bond acceptors (Lipinski definition) is 21. The van der Waals surface area contributed by atoms with Crippen LogP contribution < -0.4 is 67.7 Å². The molecule has 0 radical (unpaired) electrons. The molecule has 6 N–H and O–H groups in total. The van der Waals surface area contributed by atoms with E-state index in [1.165, 1.54) is 98.5 Å². The summed E-state index contributed by atoms with van der Waals surface area (Å²) in [5.74, 6) is -3.65. The van der Waals surface area contributed by atoms with E-state index in [0.29, 0.717) is 38.4 Å². The summed E-state index contributed by atoms with van der Waals surface area (Å²) in [5, 5.41) is 37.7. The number of methoxy groups -OCH3 is 3. The number of rotatable bonds is 24. The molecule has 0 bridgehead atoms. The zero-order chi connectivity index (χ0) is 94.0. The molecule has 30 heteroatoms. The molecule has 0 spiro atoms. The quantitative estimate of drug-likeness (QED) is 0.0126. The molecule has 0 saturated heterocycles. The Balaban J connectivity index is 0.000000245. The summed E-state index contributed by atoms with van der Waals surface area (Å²) in [6.45, 7) is 0. The molecular formula is C107H92Br2LiN5O15P2S5. The van der Waals surface area contributed by atoms with E-state index in [1.54, 1.807) is 149 Å². The molecule has 5 aromatic heterocycles. The average molecular weight is 2080 g/mol. The first-order valence-electron chi connectivity index (χ1n) is 40.7. The first-order chi connectivity index (χ1) is 64.9. The molecule has 17 aromatic rings. The van der Waals surface area contributed by atoms with Gasteiger partial charge in [0.05, 0.1) is 82.9 Å². The van der Waals surface area contributed by atoms with Crippen molar-refractivity contribution in [3.8, 4) is 0 Å². The van der Waals surface area contributed by atoms with Crippen LogP contribution in [0.2, 0.25) is 0 Å². The fraction of sp³-hybridized carbons (Fsp3) is 0.0467. The molecule has 0 aliphatic heterocycles. The van der Waals surface area contributed by atoms with Gasteiger partial charge in [0.25, 0.3) is 0 Å². The van der Waals surface area contributed by atoms with Gasteiger partial charge >= 0.3 is 54.7 Å². The summed E-state index contributed by atoms with van der Waals surface area (Å²) in [7, 11) is 1.74. The van der Waals surface area contributed by atoms with Crippen LogP contribution in [0.3, 0.4) is 0 Å². The normalized spacial score (nSPS) is 10.3. The maximum atomic E-state index is 12.1. The van der Waals surface area contributed by atoms with Gasteiger partial charge in [-0.05, 0) is 191 Å². The number of alkyl halides is 1. The zero-order valence-corrected chi connectivity index (χ0v) is 83.4. The minimum atomic E-state index is -1.99.